The van der Waals surface area contributed by atoms with Crippen molar-refractivity contribution in [2.24, 2.45) is 0 Å². The van der Waals surface area contributed by atoms with Crippen molar-refractivity contribution in [2.75, 3.05) is 0 Å². The van der Waals surface area contributed by atoms with E-state index in [-0.39, 0.29) is 25.8 Å². The molecule has 0 aliphatic heterocycles. The number of carboxylic acids is 3. The van der Waals surface area contributed by atoms with Gasteiger partial charge in [0.05, 0.1) is 17.9 Å². The number of hydrogen-bond donors (Lipinski definition) is 0. The molecule has 0 fully saturated rings. The number of hydrogen-bond acceptors (Lipinski definition) is 6. The molecule has 0 amide bonds. The van der Waals surface area contributed by atoms with Gasteiger partial charge in [-0.05, 0) is 18.2 Å². The molecule has 7 heteroatoms. The predicted molar refractivity (Wildman–Crippen MR) is 45.6 cm³/mol. The Balaban J connectivity index is -0.0000000655. The van der Waals surface area contributed by atoms with E-state index >= 15 is 0 Å². The van der Waals surface area contributed by atoms with Gasteiger partial charge < -0.3 is 29.7 Å². The number of aliphatic carboxylic acids is 3. The topological polar surface area (TPSA) is 120 Å². The van der Waals surface area contributed by atoms with Gasteiger partial charge in [-0.25, -0.2) is 0 Å². The third-order valence-corrected chi connectivity index (χ3v) is 0.500. The van der Waals surface area contributed by atoms with E-state index in [1.165, 1.54) is 0 Å². The fraction of sp³-hybridized carbons (Fsp3) is 0. The summed E-state index contributed by atoms with van der Waals surface area (Å²) in [6.45, 7) is 8.69. The summed E-state index contributed by atoms with van der Waals surface area (Å²) in [5.74, 6) is -3.69. The molecular formula is C9H9O6Sc. The van der Waals surface area contributed by atoms with Crippen LogP contribution >= 0.6 is 0 Å². The van der Waals surface area contributed by atoms with Crippen molar-refractivity contribution in [3.8, 4) is 0 Å². The van der Waals surface area contributed by atoms with E-state index in [1.807, 2.05) is 0 Å². The Morgan fingerprint density at radius 2 is 0.750 bits per heavy atom. The van der Waals surface area contributed by atoms with Gasteiger partial charge in [0.2, 0.25) is 0 Å². The molecule has 0 unspecified atom stereocenters. The molecule has 0 saturated heterocycles. The fourth-order valence-electron chi connectivity index (χ4n) is 0. The quantitative estimate of drug-likeness (QED) is 0.490. The van der Waals surface area contributed by atoms with Gasteiger partial charge in [0, 0.05) is 0 Å². The summed E-state index contributed by atoms with van der Waals surface area (Å²) in [4.78, 5) is 27.4. The molecule has 0 radical (unpaired) electrons. The second-order valence-corrected chi connectivity index (χ2v) is 1.57. The molecule has 0 aromatic heterocycles. The maximum atomic E-state index is 9.14. The molecule has 0 aliphatic carbocycles. The summed E-state index contributed by atoms with van der Waals surface area (Å²) in [5.41, 5.74) is 0. The average Bonchev–Trinajstić information content (AvgIpc) is 2.19. The second-order valence-electron chi connectivity index (χ2n) is 1.57. The van der Waals surface area contributed by atoms with E-state index in [0.717, 1.165) is 18.2 Å². The Morgan fingerprint density at radius 3 is 0.750 bits per heavy atom. The first kappa shape index (κ1) is 24.0. The monoisotopic (exact) mass is 258 g/mol. The van der Waals surface area contributed by atoms with Crippen LogP contribution in [0.3, 0.4) is 0 Å². The maximum absolute atomic E-state index is 9.14. The van der Waals surface area contributed by atoms with Gasteiger partial charge in [-0.3, -0.25) is 0 Å². The number of carbonyl (C=O) groups excluding carboxylic acids is 3. The summed E-state index contributed by atoms with van der Waals surface area (Å²) >= 11 is 0. The normalized spacial score (nSPS) is 6.00. The van der Waals surface area contributed by atoms with Crippen molar-refractivity contribution < 1.29 is 55.5 Å². The van der Waals surface area contributed by atoms with E-state index in [0.29, 0.717) is 0 Å². The van der Waals surface area contributed by atoms with Gasteiger partial charge >= 0.3 is 25.8 Å². The molecule has 0 aromatic carbocycles. The van der Waals surface area contributed by atoms with E-state index in [9.17, 15) is 0 Å². The van der Waals surface area contributed by atoms with Gasteiger partial charge in [0.1, 0.15) is 0 Å². The number of carbonyl (C=O) groups is 3. The van der Waals surface area contributed by atoms with Crippen molar-refractivity contribution in [1.82, 2.24) is 0 Å². The third-order valence-electron chi connectivity index (χ3n) is 0.500. The Labute approximate surface area is 111 Å². The van der Waals surface area contributed by atoms with Crippen molar-refractivity contribution in [2.45, 2.75) is 0 Å². The molecule has 6 nitrogen and oxygen atoms in total. The summed E-state index contributed by atoms with van der Waals surface area (Å²) in [6.07, 6.45) is 2.17. The molecule has 84 valence electrons. The molecule has 0 N–H and O–H groups in total. The van der Waals surface area contributed by atoms with Crippen LogP contribution < -0.4 is 15.3 Å². The van der Waals surface area contributed by atoms with E-state index in [1.54, 1.807) is 0 Å². The predicted octanol–water partition coefficient (Wildman–Crippen LogP) is -3.24. The summed E-state index contributed by atoms with van der Waals surface area (Å²) < 4.78 is 0. The zero-order valence-corrected chi connectivity index (χ0v) is 10.2. The maximum Gasteiger partial charge on any atom is 3.00 e. The zero-order chi connectivity index (χ0) is 12.9. The third kappa shape index (κ3) is 81.6. The van der Waals surface area contributed by atoms with Crippen LogP contribution in [0.2, 0.25) is 0 Å². The first-order chi connectivity index (χ1) is 6.81. The van der Waals surface area contributed by atoms with Crippen molar-refractivity contribution in [1.29, 1.82) is 0 Å². The molecule has 0 spiro atoms. The first-order valence-electron chi connectivity index (χ1n) is 3.32. The Kier molecular flexibility index (Phi) is 28.7. The molecule has 16 heavy (non-hydrogen) atoms. The molecule has 0 atom stereocenters. The van der Waals surface area contributed by atoms with Crippen LogP contribution in [0.4, 0.5) is 0 Å². The standard InChI is InChI=1S/3C3H4O2.Sc/c3*1-2-3(4)5;/h3*2H,1H2,(H,4,5);/q;;;+3/p-3. The minimum absolute atomic E-state index is 0. The van der Waals surface area contributed by atoms with Gasteiger partial charge in [0.25, 0.3) is 0 Å². The molecule has 0 aliphatic rings. The van der Waals surface area contributed by atoms with Crippen LogP contribution in [0.1, 0.15) is 0 Å². The van der Waals surface area contributed by atoms with E-state index in [2.05, 4.69) is 19.7 Å². The van der Waals surface area contributed by atoms with E-state index < -0.39 is 17.9 Å². The van der Waals surface area contributed by atoms with Gasteiger partial charge in [-0.1, -0.05) is 19.7 Å². The smallest absolute Gasteiger partial charge is 0.545 e. The van der Waals surface area contributed by atoms with Crippen LogP contribution in [-0.4, -0.2) is 17.9 Å². The second kappa shape index (κ2) is 19.1. The van der Waals surface area contributed by atoms with Crippen LogP contribution in [-0.2, 0) is 40.2 Å². The minimum Gasteiger partial charge on any atom is -0.545 e. The van der Waals surface area contributed by atoms with Gasteiger partial charge in [-0.15, -0.1) is 0 Å². The SMILES string of the molecule is C=CC(=O)[O-].C=CC(=O)[O-].C=CC(=O)[O-].[Sc+3]. The molecule has 0 bridgehead atoms. The molecule has 0 aromatic rings. The number of rotatable bonds is 3. The minimum atomic E-state index is -1.23. The summed E-state index contributed by atoms with van der Waals surface area (Å²) in [6, 6.07) is 0. The first-order valence-corrected chi connectivity index (χ1v) is 3.32. The summed E-state index contributed by atoms with van der Waals surface area (Å²) in [5, 5.41) is 27.4. The van der Waals surface area contributed by atoms with Crippen LogP contribution in [0, 0.1) is 0 Å². The average molecular weight is 258 g/mol. The van der Waals surface area contributed by atoms with Crippen LogP contribution in [0.15, 0.2) is 38.0 Å². The molecule has 0 saturated carbocycles. The van der Waals surface area contributed by atoms with Crippen LogP contribution in [0.25, 0.3) is 0 Å². The number of carboxylic acid groups (broad SMARTS) is 3. The van der Waals surface area contributed by atoms with Crippen molar-refractivity contribution in [3.05, 3.63) is 38.0 Å². The van der Waals surface area contributed by atoms with Gasteiger partial charge in [-0.2, -0.15) is 0 Å². The molecular weight excluding hydrogens is 249 g/mol. The van der Waals surface area contributed by atoms with Crippen molar-refractivity contribution in [3.63, 3.8) is 0 Å². The Morgan fingerprint density at radius 1 is 0.688 bits per heavy atom. The Hall–Kier alpha value is -1.50. The van der Waals surface area contributed by atoms with Crippen molar-refractivity contribution >= 4 is 17.9 Å². The molecule has 0 rings (SSSR count). The zero-order valence-electron chi connectivity index (χ0n) is 8.38. The summed E-state index contributed by atoms with van der Waals surface area (Å²) in [7, 11) is 0. The van der Waals surface area contributed by atoms with Gasteiger partial charge in [0.15, 0.2) is 0 Å². The molecule has 0 heterocycles. The largest absolute Gasteiger partial charge is 3.00 e. The van der Waals surface area contributed by atoms with E-state index in [4.69, 9.17) is 29.7 Å². The fourth-order valence-corrected chi connectivity index (χ4v) is 0. The Bertz CT molecular complexity index is 216. The van der Waals surface area contributed by atoms with Crippen LogP contribution in [0.5, 0.6) is 0 Å².